The summed E-state index contributed by atoms with van der Waals surface area (Å²) in [4.78, 5) is 3.75. The molecule has 0 atom stereocenters. The number of nitrogens with two attached hydrogens (primary N) is 1. The van der Waals surface area contributed by atoms with Crippen molar-refractivity contribution in [1.29, 1.82) is 0 Å². The summed E-state index contributed by atoms with van der Waals surface area (Å²) >= 11 is 1.17. The maximum Gasteiger partial charge on any atom is 0.240 e. The zero-order valence-corrected chi connectivity index (χ0v) is 24.9. The van der Waals surface area contributed by atoms with Crippen LogP contribution in [0.4, 0.5) is 8.78 Å². The van der Waals surface area contributed by atoms with Gasteiger partial charge in [0.2, 0.25) is 15.2 Å². The minimum atomic E-state index is -4.25. The summed E-state index contributed by atoms with van der Waals surface area (Å²) in [7, 11) is -4.25. The molecule has 1 aliphatic rings. The number of primary sulfonamides is 1. The molecule has 0 saturated heterocycles. The summed E-state index contributed by atoms with van der Waals surface area (Å²) < 4.78 is 60.5. The van der Waals surface area contributed by atoms with Gasteiger partial charge in [0.05, 0.1) is 17.0 Å². The molecule has 226 valence electrons. The first kappa shape index (κ1) is 29.9. The molecule has 13 heteroatoms. The maximum absolute atomic E-state index is 14.9. The highest BCUT2D eigenvalue weighted by atomic mass is 32.2. The first-order chi connectivity index (χ1) is 21.0. The lowest BCUT2D eigenvalue weighted by atomic mass is 9.96. The normalized spacial score (nSPS) is 13.3. The van der Waals surface area contributed by atoms with Crippen LogP contribution in [0, 0.1) is 36.3 Å². The van der Waals surface area contributed by atoms with Crippen molar-refractivity contribution < 1.29 is 31.8 Å². The summed E-state index contributed by atoms with van der Waals surface area (Å²) in [6.07, 6.45) is 1.03. The fraction of sp³-hybridized carbons (Fsp3) is 0.226. The number of sulfonamides is 1. The molecule has 3 aromatic heterocycles. The smallest absolute Gasteiger partial charge is 0.240 e. The van der Waals surface area contributed by atoms with Crippen molar-refractivity contribution in [3.8, 4) is 28.2 Å². The molecule has 0 bridgehead atoms. The van der Waals surface area contributed by atoms with E-state index in [0.717, 1.165) is 30.7 Å². The number of halogens is 2. The molecule has 0 amide bonds. The molecular weight excluding hydrogens is 610 g/mol. The fourth-order valence-corrected chi connectivity index (χ4v) is 6.24. The van der Waals surface area contributed by atoms with Gasteiger partial charge in [-0.25, -0.2) is 32.0 Å². The van der Waals surface area contributed by atoms with Crippen LogP contribution in [0.25, 0.3) is 16.4 Å². The van der Waals surface area contributed by atoms with Crippen molar-refractivity contribution in [3.05, 3.63) is 105 Å². The molecule has 1 aliphatic carbocycles. The quantitative estimate of drug-likeness (QED) is 0.165. The predicted molar refractivity (Wildman–Crippen MR) is 158 cm³/mol. The molecule has 0 radical (unpaired) electrons. The third-order valence-electron chi connectivity index (χ3n) is 7.21. The fourth-order valence-electron chi connectivity index (χ4n) is 4.85. The van der Waals surface area contributed by atoms with E-state index in [4.69, 9.17) is 14.7 Å². The predicted octanol–water partition coefficient (Wildman–Crippen LogP) is 4.75. The Bertz CT molecular complexity index is 2050. The zero-order chi connectivity index (χ0) is 31.2. The SMILES string of the molecule is Cc1ccc(C#Cc2cc(-c3nn(-c4nc(C(O)O)cs4)c(CC4CC4)c3Cc3ccc(S(N)(=O)=O)c(F)c3)ccc2F)o1. The number of aliphatic hydroxyl groups excluding tert-OH is 1. The Morgan fingerprint density at radius 1 is 1.11 bits per heavy atom. The molecule has 0 spiro atoms. The molecule has 0 unspecified atom stereocenters. The van der Waals surface area contributed by atoms with Gasteiger partial charge in [-0.05, 0) is 86.1 Å². The topological polar surface area (TPSA) is 144 Å². The number of aromatic nitrogens is 3. The van der Waals surface area contributed by atoms with Crippen molar-refractivity contribution in [2.75, 3.05) is 0 Å². The van der Waals surface area contributed by atoms with Gasteiger partial charge >= 0.3 is 0 Å². The van der Waals surface area contributed by atoms with Gasteiger partial charge in [0, 0.05) is 22.9 Å². The Balaban J connectivity index is 1.51. The van der Waals surface area contributed by atoms with Gasteiger partial charge in [-0.3, -0.25) is 0 Å². The van der Waals surface area contributed by atoms with E-state index in [0.29, 0.717) is 51.4 Å². The van der Waals surface area contributed by atoms with Gasteiger partial charge in [0.25, 0.3) is 0 Å². The molecule has 1 saturated carbocycles. The minimum absolute atomic E-state index is 0.0640. The Hall–Kier alpha value is -4.19. The van der Waals surface area contributed by atoms with Gasteiger partial charge in [-0.2, -0.15) is 5.10 Å². The molecule has 2 aromatic carbocycles. The highest BCUT2D eigenvalue weighted by Gasteiger charge is 2.29. The van der Waals surface area contributed by atoms with Crippen LogP contribution in [0.15, 0.2) is 63.2 Å². The van der Waals surface area contributed by atoms with Gasteiger partial charge in [-0.15, -0.1) is 11.3 Å². The largest absolute Gasteiger partial charge is 0.453 e. The molecule has 0 aliphatic heterocycles. The van der Waals surface area contributed by atoms with Gasteiger partial charge in [0.1, 0.15) is 28.0 Å². The summed E-state index contributed by atoms with van der Waals surface area (Å²) in [6.45, 7) is 1.78. The van der Waals surface area contributed by atoms with E-state index in [1.165, 1.54) is 28.8 Å². The van der Waals surface area contributed by atoms with Gasteiger partial charge < -0.3 is 14.6 Å². The van der Waals surface area contributed by atoms with Crippen LogP contribution in [-0.4, -0.2) is 33.4 Å². The number of aryl methyl sites for hydroxylation is 1. The lowest BCUT2D eigenvalue weighted by Gasteiger charge is -2.10. The second-order valence-corrected chi connectivity index (χ2v) is 13.0. The van der Waals surface area contributed by atoms with Crippen molar-refractivity contribution >= 4 is 21.4 Å². The van der Waals surface area contributed by atoms with Crippen LogP contribution in [0.3, 0.4) is 0 Å². The zero-order valence-electron chi connectivity index (χ0n) is 23.3. The average Bonchev–Trinajstić information content (AvgIpc) is 3.31. The molecule has 9 nitrogen and oxygen atoms in total. The number of thiazole rings is 1. The van der Waals surface area contributed by atoms with Gasteiger partial charge in [0.15, 0.2) is 12.1 Å². The van der Waals surface area contributed by atoms with Crippen LogP contribution >= 0.6 is 11.3 Å². The number of hydrogen-bond acceptors (Lipinski definition) is 8. The van der Waals surface area contributed by atoms with Crippen molar-refractivity contribution in [2.24, 2.45) is 11.1 Å². The highest BCUT2D eigenvalue weighted by molar-refractivity contribution is 7.89. The highest BCUT2D eigenvalue weighted by Crippen LogP contribution is 2.38. The van der Waals surface area contributed by atoms with Crippen molar-refractivity contribution in [3.63, 3.8) is 0 Å². The van der Waals surface area contributed by atoms with E-state index >= 15 is 0 Å². The number of furan rings is 1. The van der Waals surface area contributed by atoms with Crippen molar-refractivity contribution in [1.82, 2.24) is 14.8 Å². The summed E-state index contributed by atoms with van der Waals surface area (Å²) in [5.74, 6) is 5.59. The number of nitrogens with zero attached hydrogens (tertiary/aromatic N) is 3. The lowest BCUT2D eigenvalue weighted by molar-refractivity contribution is -0.0454. The molecule has 1 fully saturated rings. The molecule has 4 N–H and O–H groups in total. The van der Waals surface area contributed by atoms with E-state index in [-0.39, 0.29) is 17.7 Å². The van der Waals surface area contributed by atoms with Gasteiger partial charge in [-0.1, -0.05) is 12.0 Å². The standard InChI is InChI=1S/C31H26F2N4O5S2/c1-17-2-8-22(42-17)9-6-20-15-21(7-10-24(20)32)29-23(12-19-5-11-28(25(33)13-19)44(34,40)41)27(14-18-3-4-18)37(36-29)31-35-26(16-43-31)30(38)39/h2,5,7-8,10-11,13,15-16,18,30,38-39H,3-4,12,14H2,1H3,(H2,34,40,41). The van der Waals surface area contributed by atoms with E-state index in [9.17, 15) is 27.4 Å². The summed E-state index contributed by atoms with van der Waals surface area (Å²) in [5, 5.41) is 31.3. The molecule has 3 heterocycles. The number of hydrogen-bond donors (Lipinski definition) is 3. The first-order valence-electron chi connectivity index (χ1n) is 13.6. The van der Waals surface area contributed by atoms with E-state index < -0.39 is 32.8 Å². The number of benzene rings is 2. The van der Waals surface area contributed by atoms with E-state index in [2.05, 4.69) is 16.8 Å². The van der Waals surface area contributed by atoms with Crippen molar-refractivity contribution in [2.45, 2.75) is 43.8 Å². The molecular formula is C31H26F2N4O5S2. The Morgan fingerprint density at radius 3 is 2.55 bits per heavy atom. The average molecular weight is 637 g/mol. The van der Waals surface area contributed by atoms with Crippen LogP contribution in [-0.2, 0) is 22.9 Å². The minimum Gasteiger partial charge on any atom is -0.453 e. The lowest BCUT2D eigenvalue weighted by Crippen LogP contribution is -2.14. The maximum atomic E-state index is 14.9. The molecule has 44 heavy (non-hydrogen) atoms. The molecule has 6 rings (SSSR count). The van der Waals surface area contributed by atoms with E-state index in [1.807, 2.05) is 0 Å². The van der Waals surface area contributed by atoms with Crippen LogP contribution < -0.4 is 5.14 Å². The van der Waals surface area contributed by atoms with Crippen LogP contribution in [0.2, 0.25) is 0 Å². The van der Waals surface area contributed by atoms with Crippen LogP contribution in [0.1, 0.15) is 58.7 Å². The monoisotopic (exact) mass is 636 g/mol. The number of rotatable bonds is 8. The molecule has 5 aromatic rings. The summed E-state index contributed by atoms with van der Waals surface area (Å²) in [5.41, 5.74) is 3.13. The Kier molecular flexibility index (Phi) is 7.95. The number of aliphatic hydroxyl groups is 2. The van der Waals surface area contributed by atoms with Crippen LogP contribution in [0.5, 0.6) is 0 Å². The third kappa shape index (κ3) is 6.35. The Labute approximate surface area is 255 Å². The van der Waals surface area contributed by atoms with E-state index in [1.54, 1.807) is 35.9 Å². The third-order valence-corrected chi connectivity index (χ3v) is 8.99. The summed E-state index contributed by atoms with van der Waals surface area (Å²) in [6, 6.07) is 11.6. The second-order valence-electron chi connectivity index (χ2n) is 10.6. The second kappa shape index (κ2) is 11.7. The Morgan fingerprint density at radius 2 is 1.91 bits per heavy atom. The first-order valence-corrected chi connectivity index (χ1v) is 16.0.